The van der Waals surface area contributed by atoms with Gasteiger partial charge in [-0.1, -0.05) is 77.2 Å². The van der Waals surface area contributed by atoms with E-state index in [9.17, 15) is 9.59 Å². The predicted molar refractivity (Wildman–Crippen MR) is 174 cm³/mol. The molecule has 0 atom stereocenters. The summed E-state index contributed by atoms with van der Waals surface area (Å²) in [6.45, 7) is 0. The van der Waals surface area contributed by atoms with Crippen LogP contribution in [0.2, 0.25) is 0 Å². The van der Waals surface area contributed by atoms with Crippen LogP contribution in [0.1, 0.15) is 0 Å². The summed E-state index contributed by atoms with van der Waals surface area (Å²) in [5.74, 6) is 0. The summed E-state index contributed by atoms with van der Waals surface area (Å²) < 4.78 is 4.97. The van der Waals surface area contributed by atoms with Gasteiger partial charge < -0.3 is 0 Å². The lowest BCUT2D eigenvalue weighted by Gasteiger charge is -1.97. The summed E-state index contributed by atoms with van der Waals surface area (Å²) >= 11 is 2.91. The number of hydrogen-bond donors (Lipinski definition) is 0. The molecule has 0 aliphatic carbocycles. The molecule has 0 spiro atoms. The number of nitrogens with zero attached hydrogens (tertiary/aromatic N) is 6. The molecule has 8 nitrogen and oxygen atoms in total. The van der Waals surface area contributed by atoms with Gasteiger partial charge in [-0.15, -0.1) is 32.9 Å². The summed E-state index contributed by atoms with van der Waals surface area (Å²) in [5.41, 5.74) is 3.10. The van der Waals surface area contributed by atoms with E-state index in [4.69, 9.17) is 0 Å². The van der Waals surface area contributed by atoms with Crippen LogP contribution in [-0.2, 0) is 0 Å². The van der Waals surface area contributed by atoms with E-state index in [1.54, 1.807) is 9.36 Å². The van der Waals surface area contributed by atoms with Crippen LogP contribution in [-0.4, -0.2) is 30.0 Å². The molecule has 0 amide bonds. The van der Waals surface area contributed by atoms with Crippen molar-refractivity contribution < 1.29 is 0 Å². The van der Waals surface area contributed by atoms with Crippen molar-refractivity contribution in [3.8, 4) is 37.8 Å². The number of thiophene rings is 2. The Kier molecular flexibility index (Phi) is 6.18. The quantitative estimate of drug-likeness (QED) is 0.202. The first-order chi connectivity index (χ1) is 21.1. The second-order valence-electron chi connectivity index (χ2n) is 9.76. The molecule has 3 aromatic carbocycles. The average Bonchev–Trinajstić information content (AvgIpc) is 3.87. The van der Waals surface area contributed by atoms with Crippen LogP contribution < -0.4 is 10.3 Å². The van der Waals surface area contributed by atoms with Gasteiger partial charge in [0.2, 0.25) is 10.3 Å². The van der Waals surface area contributed by atoms with Crippen LogP contribution in [0.3, 0.4) is 0 Å². The third kappa shape index (κ3) is 4.44. The summed E-state index contributed by atoms with van der Waals surface area (Å²) in [6.07, 6.45) is 3.72. The minimum atomic E-state index is -1.81. The van der Waals surface area contributed by atoms with Crippen LogP contribution in [0, 0.1) is 0 Å². The molecule has 0 radical (unpaired) electrons. The highest BCUT2D eigenvalue weighted by Crippen LogP contribution is 2.43. The Bertz CT molecular complexity index is 2250. The molecule has 206 valence electrons. The van der Waals surface area contributed by atoms with Crippen molar-refractivity contribution in [2.45, 2.75) is 0 Å². The van der Waals surface area contributed by atoms with Crippen molar-refractivity contribution in [2.24, 2.45) is 0 Å². The molecule has 8 rings (SSSR count). The lowest BCUT2D eigenvalue weighted by molar-refractivity contribution is 0.804. The lowest BCUT2D eigenvalue weighted by Crippen LogP contribution is -2.02. The van der Waals surface area contributed by atoms with E-state index in [1.807, 2.05) is 116 Å². The second kappa shape index (κ2) is 10.4. The van der Waals surface area contributed by atoms with Gasteiger partial charge in [0, 0.05) is 23.6 Å². The maximum absolute atomic E-state index is 14.2. The molecule has 43 heavy (non-hydrogen) atoms. The monoisotopic (exact) mass is 614 g/mol. The van der Waals surface area contributed by atoms with Crippen LogP contribution in [0.5, 0.6) is 0 Å². The Morgan fingerprint density at radius 1 is 0.558 bits per heavy atom. The van der Waals surface area contributed by atoms with E-state index in [-0.39, 0.29) is 10.3 Å². The zero-order valence-corrected chi connectivity index (χ0v) is 24.8. The summed E-state index contributed by atoms with van der Waals surface area (Å²) in [4.78, 5) is 29.9. The van der Waals surface area contributed by atoms with Crippen molar-refractivity contribution in [3.05, 3.63) is 135 Å². The van der Waals surface area contributed by atoms with E-state index < -0.39 is 7.53 Å². The standard InChI is InChI=1S/C32H19N6O2PS2/c39-31-23-16-27(25-18-37(35-33-25)20-10-4-1-5-11-20)42-29(23)30-24(32(40)41(31)22-14-8-3-9-15-22)17-28(43-30)26-19-38(36-34-26)21-12-6-2-7-13-21/h1-19H. The van der Waals surface area contributed by atoms with Crippen LogP contribution >= 0.6 is 30.2 Å². The Labute approximate surface area is 252 Å². The van der Waals surface area contributed by atoms with Gasteiger partial charge in [0.1, 0.15) is 11.4 Å². The van der Waals surface area contributed by atoms with Gasteiger partial charge in [0.25, 0.3) is 0 Å². The molecular weight excluding hydrogens is 596 g/mol. The van der Waals surface area contributed by atoms with E-state index in [1.165, 1.54) is 22.7 Å². The molecule has 5 heterocycles. The highest BCUT2D eigenvalue weighted by molar-refractivity contribution is 7.55. The highest BCUT2D eigenvalue weighted by Gasteiger charge is 2.21. The molecule has 11 heteroatoms. The molecule has 0 fully saturated rings. The summed E-state index contributed by atoms with van der Waals surface area (Å²) in [7, 11) is -1.81. The van der Waals surface area contributed by atoms with Gasteiger partial charge in [-0.2, -0.15) is 0 Å². The van der Waals surface area contributed by atoms with Gasteiger partial charge in [0.05, 0.1) is 42.9 Å². The minimum Gasteiger partial charge on any atom is -0.284 e. The Hall–Kier alpha value is -5.02. The smallest absolute Gasteiger partial charge is 0.213 e. The molecular formula is C32H19N6O2PS2. The Balaban J connectivity index is 1.36. The number of fused-ring (bicyclic) bond motifs is 3. The Morgan fingerprint density at radius 3 is 1.42 bits per heavy atom. The van der Waals surface area contributed by atoms with E-state index in [0.717, 1.165) is 35.8 Å². The number of benzene rings is 3. The molecule has 0 aliphatic heterocycles. The fourth-order valence-corrected chi connectivity index (χ4v) is 9.48. The maximum atomic E-state index is 14.2. The number of rotatable bonds is 5. The van der Waals surface area contributed by atoms with E-state index in [0.29, 0.717) is 22.2 Å². The predicted octanol–water partition coefficient (Wildman–Crippen LogP) is 7.31. The molecule has 0 saturated heterocycles. The van der Waals surface area contributed by atoms with Crippen molar-refractivity contribution in [2.75, 3.05) is 0 Å². The third-order valence-electron chi connectivity index (χ3n) is 7.08. The first-order valence-corrected chi connectivity index (χ1v) is 16.3. The molecule has 5 aromatic heterocycles. The normalized spacial score (nSPS) is 11.4. The third-order valence-corrected chi connectivity index (χ3v) is 11.7. The van der Waals surface area contributed by atoms with Crippen LogP contribution in [0.15, 0.2) is 125 Å². The molecule has 0 saturated carbocycles. The van der Waals surface area contributed by atoms with Gasteiger partial charge >= 0.3 is 0 Å². The topological polar surface area (TPSA) is 95.6 Å². The fourth-order valence-electron chi connectivity index (χ4n) is 5.00. The van der Waals surface area contributed by atoms with Gasteiger partial charge in [-0.3, -0.25) is 9.59 Å². The van der Waals surface area contributed by atoms with Crippen molar-refractivity contribution in [3.63, 3.8) is 0 Å². The maximum Gasteiger partial charge on any atom is 0.213 e. The van der Waals surface area contributed by atoms with Crippen molar-refractivity contribution >= 4 is 50.4 Å². The zero-order valence-electron chi connectivity index (χ0n) is 22.2. The molecule has 0 bridgehead atoms. The van der Waals surface area contributed by atoms with Crippen molar-refractivity contribution in [1.82, 2.24) is 30.0 Å². The fraction of sp³-hybridized carbons (Fsp3) is 0. The minimum absolute atomic E-state index is 0.154. The lowest BCUT2D eigenvalue weighted by atomic mass is 10.2. The summed E-state index contributed by atoms with van der Waals surface area (Å²) in [6, 6.07) is 32.6. The van der Waals surface area contributed by atoms with Gasteiger partial charge in [-0.05, 0) is 36.4 Å². The number of aromatic nitrogens is 6. The first-order valence-electron chi connectivity index (χ1n) is 13.3. The molecule has 0 unspecified atom stereocenters. The number of para-hydroxylation sites is 2. The van der Waals surface area contributed by atoms with E-state index in [2.05, 4.69) is 20.6 Å². The van der Waals surface area contributed by atoms with E-state index >= 15 is 0 Å². The van der Waals surface area contributed by atoms with Crippen LogP contribution in [0.25, 0.3) is 58.0 Å². The van der Waals surface area contributed by atoms with Crippen LogP contribution in [0.4, 0.5) is 0 Å². The average molecular weight is 615 g/mol. The molecule has 0 aliphatic rings. The zero-order chi connectivity index (χ0) is 28.9. The molecule has 8 aromatic rings. The SMILES string of the molecule is O=c1c2cc(-c3cn(-c4ccccc4)nn3)sc2c2sc(-c3cn(-c4ccccc4)nn3)cc2c(=O)p1-c1ccccc1. The highest BCUT2D eigenvalue weighted by atomic mass is 32.1. The number of hydrogen-bond acceptors (Lipinski definition) is 8. The van der Waals surface area contributed by atoms with Crippen molar-refractivity contribution in [1.29, 1.82) is 0 Å². The summed E-state index contributed by atoms with van der Waals surface area (Å²) in [5, 5.41) is 19.0. The van der Waals surface area contributed by atoms with Gasteiger partial charge in [0.15, 0.2) is 0 Å². The first kappa shape index (κ1) is 25.7. The second-order valence-corrected chi connectivity index (χ2v) is 13.9. The molecule has 0 N–H and O–H groups in total. The Morgan fingerprint density at radius 2 is 0.977 bits per heavy atom. The largest absolute Gasteiger partial charge is 0.284 e. The van der Waals surface area contributed by atoms with Gasteiger partial charge in [-0.25, -0.2) is 9.36 Å².